The Morgan fingerprint density at radius 1 is 1.13 bits per heavy atom. The van der Waals surface area contributed by atoms with Gasteiger partial charge in [-0.2, -0.15) is 5.26 Å². The van der Waals surface area contributed by atoms with Crippen LogP contribution in [0.25, 0.3) is 22.4 Å². The van der Waals surface area contributed by atoms with Gasteiger partial charge in [0.15, 0.2) is 5.65 Å². The lowest BCUT2D eigenvalue weighted by Crippen LogP contribution is -2.26. The van der Waals surface area contributed by atoms with Gasteiger partial charge in [-0.3, -0.25) is 18.6 Å². The van der Waals surface area contributed by atoms with E-state index in [1.807, 2.05) is 19.1 Å². The van der Waals surface area contributed by atoms with Crippen LogP contribution in [-0.4, -0.2) is 26.5 Å². The van der Waals surface area contributed by atoms with Crippen molar-refractivity contribution in [2.75, 3.05) is 6.61 Å². The minimum Gasteiger partial charge on any atom is -0.462 e. The molecule has 4 aromatic rings. The van der Waals surface area contributed by atoms with E-state index >= 15 is 0 Å². The van der Waals surface area contributed by atoms with Gasteiger partial charge in [-0.05, 0) is 55.8 Å². The van der Waals surface area contributed by atoms with Crippen LogP contribution in [0.2, 0.25) is 0 Å². The van der Waals surface area contributed by atoms with Crippen LogP contribution in [0.15, 0.2) is 58.3 Å². The largest absolute Gasteiger partial charge is 0.462 e. The number of nitrogens with zero attached hydrogens (tertiary/aromatic N) is 4. The fourth-order valence-electron chi connectivity index (χ4n) is 3.30. The van der Waals surface area contributed by atoms with E-state index in [-0.39, 0.29) is 28.8 Å². The number of fused-ring (bicyclic) bond motifs is 2. The lowest BCUT2D eigenvalue weighted by atomic mass is 10.1. The first-order valence-electron chi connectivity index (χ1n) is 9.21. The molecule has 148 valence electrons. The van der Waals surface area contributed by atoms with Gasteiger partial charge in [0.1, 0.15) is 17.3 Å². The highest BCUT2D eigenvalue weighted by atomic mass is 16.5. The monoisotopic (exact) mass is 400 g/mol. The molecular formula is C22H16N4O4. The number of aromatic nitrogens is 3. The Morgan fingerprint density at radius 3 is 2.53 bits per heavy atom. The van der Waals surface area contributed by atoms with Crippen molar-refractivity contribution in [3.8, 4) is 11.8 Å². The maximum absolute atomic E-state index is 13.1. The van der Waals surface area contributed by atoms with E-state index in [0.29, 0.717) is 16.9 Å². The zero-order chi connectivity index (χ0) is 21.4. The Hall–Kier alpha value is -4.25. The highest BCUT2D eigenvalue weighted by Crippen LogP contribution is 2.17. The molecule has 0 saturated heterocycles. The van der Waals surface area contributed by atoms with Crippen molar-refractivity contribution in [3.05, 3.63) is 86.1 Å². The van der Waals surface area contributed by atoms with Gasteiger partial charge in [0.25, 0.3) is 11.1 Å². The zero-order valence-electron chi connectivity index (χ0n) is 16.2. The van der Waals surface area contributed by atoms with E-state index < -0.39 is 11.5 Å². The molecule has 1 aromatic carbocycles. The third-order valence-corrected chi connectivity index (χ3v) is 4.76. The van der Waals surface area contributed by atoms with E-state index in [9.17, 15) is 19.6 Å². The van der Waals surface area contributed by atoms with Crippen molar-refractivity contribution in [3.63, 3.8) is 0 Å². The van der Waals surface area contributed by atoms with E-state index in [1.165, 1.54) is 27.2 Å². The smallest absolute Gasteiger partial charge is 0.338 e. The van der Waals surface area contributed by atoms with E-state index in [1.54, 1.807) is 31.3 Å². The number of esters is 1. The quantitative estimate of drug-likeness (QED) is 0.386. The highest BCUT2D eigenvalue weighted by molar-refractivity contribution is 5.89. The molecule has 0 spiro atoms. The molecule has 0 aliphatic heterocycles. The number of benzene rings is 1. The summed E-state index contributed by atoms with van der Waals surface area (Å²) >= 11 is 0. The maximum atomic E-state index is 13.1. The summed E-state index contributed by atoms with van der Waals surface area (Å²) in [7, 11) is 0. The van der Waals surface area contributed by atoms with Crippen LogP contribution >= 0.6 is 0 Å². The Morgan fingerprint density at radius 2 is 1.87 bits per heavy atom. The van der Waals surface area contributed by atoms with Crippen LogP contribution in [0.1, 0.15) is 28.4 Å². The molecule has 3 heterocycles. The van der Waals surface area contributed by atoms with Crippen molar-refractivity contribution < 1.29 is 9.53 Å². The SMILES string of the molecule is CCOC(=O)c1ccc(-n2c(=O)c(C#N)cc3c(=O)n4cccc(C)c4nc32)cc1. The summed E-state index contributed by atoms with van der Waals surface area (Å²) in [6.45, 7) is 3.77. The number of carbonyl (C=O) groups is 1. The van der Waals surface area contributed by atoms with Crippen LogP contribution in [-0.2, 0) is 4.74 Å². The molecule has 0 saturated carbocycles. The second kappa shape index (κ2) is 7.29. The molecule has 0 radical (unpaired) electrons. The molecule has 4 rings (SSSR count). The summed E-state index contributed by atoms with van der Waals surface area (Å²) in [6.07, 6.45) is 1.59. The number of hydrogen-bond donors (Lipinski definition) is 0. The summed E-state index contributed by atoms with van der Waals surface area (Å²) < 4.78 is 7.58. The Balaban J connectivity index is 2.07. The molecule has 0 bridgehead atoms. The summed E-state index contributed by atoms with van der Waals surface area (Å²) in [5.74, 6) is -0.481. The fraction of sp³-hybridized carbons (Fsp3) is 0.136. The third-order valence-electron chi connectivity index (χ3n) is 4.76. The molecule has 0 amide bonds. The first kappa shape index (κ1) is 19.1. The Labute approximate surface area is 170 Å². The Bertz CT molecular complexity index is 1470. The second-order valence-corrected chi connectivity index (χ2v) is 6.62. The standard InChI is InChI=1S/C22H16N4O4/c1-3-30-22(29)14-6-8-16(9-7-14)26-19-17(11-15(12-23)20(26)27)21(28)25-10-4-5-13(2)18(25)24-19/h4-11H,3H2,1-2H3. The summed E-state index contributed by atoms with van der Waals surface area (Å²) in [5.41, 5.74) is 0.855. The van der Waals surface area contributed by atoms with Crippen LogP contribution in [0, 0.1) is 18.3 Å². The number of rotatable bonds is 3. The van der Waals surface area contributed by atoms with E-state index in [4.69, 9.17) is 4.74 Å². The molecule has 0 N–H and O–H groups in total. The van der Waals surface area contributed by atoms with Gasteiger partial charge in [0.05, 0.1) is 23.2 Å². The number of nitriles is 1. The Kier molecular flexibility index (Phi) is 4.64. The van der Waals surface area contributed by atoms with Crippen molar-refractivity contribution in [2.45, 2.75) is 13.8 Å². The van der Waals surface area contributed by atoms with Gasteiger partial charge < -0.3 is 4.74 Å². The molecule has 0 unspecified atom stereocenters. The van der Waals surface area contributed by atoms with Crippen molar-refractivity contribution in [1.82, 2.24) is 14.0 Å². The molecule has 8 heteroatoms. The predicted molar refractivity (Wildman–Crippen MR) is 110 cm³/mol. The molecule has 8 nitrogen and oxygen atoms in total. The van der Waals surface area contributed by atoms with Gasteiger partial charge in [0.2, 0.25) is 0 Å². The maximum Gasteiger partial charge on any atom is 0.338 e. The normalized spacial score (nSPS) is 10.8. The van der Waals surface area contributed by atoms with E-state index in [0.717, 1.165) is 5.56 Å². The molecular weight excluding hydrogens is 384 g/mol. The van der Waals surface area contributed by atoms with Crippen molar-refractivity contribution in [1.29, 1.82) is 5.26 Å². The summed E-state index contributed by atoms with van der Waals surface area (Å²) in [6, 6.07) is 12.8. The van der Waals surface area contributed by atoms with Crippen molar-refractivity contribution >= 4 is 22.6 Å². The minimum absolute atomic E-state index is 0.141. The van der Waals surface area contributed by atoms with Gasteiger partial charge in [-0.15, -0.1) is 0 Å². The second-order valence-electron chi connectivity index (χ2n) is 6.62. The van der Waals surface area contributed by atoms with Crippen LogP contribution in [0.3, 0.4) is 0 Å². The van der Waals surface area contributed by atoms with Crippen molar-refractivity contribution in [2.24, 2.45) is 0 Å². The lowest BCUT2D eigenvalue weighted by molar-refractivity contribution is 0.0526. The highest BCUT2D eigenvalue weighted by Gasteiger charge is 2.17. The summed E-state index contributed by atoms with van der Waals surface area (Å²) in [5, 5.41) is 9.56. The zero-order valence-corrected chi connectivity index (χ0v) is 16.2. The minimum atomic E-state index is -0.598. The average molecular weight is 400 g/mol. The molecule has 0 aliphatic carbocycles. The number of aryl methyl sites for hydroxylation is 1. The number of pyridine rings is 2. The van der Waals surface area contributed by atoms with E-state index in [2.05, 4.69) is 4.98 Å². The molecule has 0 fully saturated rings. The number of ether oxygens (including phenoxy) is 1. The predicted octanol–water partition coefficient (Wildman–Crippen LogP) is 2.36. The topological polar surface area (TPSA) is 106 Å². The van der Waals surface area contributed by atoms with Crippen LogP contribution < -0.4 is 11.1 Å². The number of hydrogen-bond acceptors (Lipinski definition) is 6. The first-order valence-corrected chi connectivity index (χ1v) is 9.21. The first-order chi connectivity index (χ1) is 14.5. The molecule has 30 heavy (non-hydrogen) atoms. The van der Waals surface area contributed by atoms with Crippen LogP contribution in [0.5, 0.6) is 0 Å². The van der Waals surface area contributed by atoms with Crippen LogP contribution in [0.4, 0.5) is 0 Å². The number of carbonyl (C=O) groups excluding carboxylic acids is 1. The lowest BCUT2D eigenvalue weighted by Gasteiger charge is -2.12. The summed E-state index contributed by atoms with van der Waals surface area (Å²) in [4.78, 5) is 42.5. The fourth-order valence-corrected chi connectivity index (χ4v) is 3.30. The van der Waals surface area contributed by atoms with Gasteiger partial charge in [-0.1, -0.05) is 6.07 Å². The van der Waals surface area contributed by atoms with Gasteiger partial charge in [0, 0.05) is 6.20 Å². The average Bonchev–Trinajstić information content (AvgIpc) is 2.75. The molecule has 3 aromatic heterocycles. The third kappa shape index (κ3) is 2.93. The van der Waals surface area contributed by atoms with Gasteiger partial charge >= 0.3 is 5.97 Å². The molecule has 0 aliphatic rings. The van der Waals surface area contributed by atoms with Gasteiger partial charge in [-0.25, -0.2) is 9.78 Å². The molecule has 0 atom stereocenters.